The molecule has 0 amide bonds. The van der Waals surface area contributed by atoms with Crippen LogP contribution in [0.2, 0.25) is 10.0 Å². The minimum absolute atomic E-state index is 0.333. The molecule has 0 spiro atoms. The van der Waals surface area contributed by atoms with Crippen LogP contribution in [-0.2, 0) is 6.54 Å². The van der Waals surface area contributed by atoms with Crippen LogP contribution in [0.4, 0.5) is 0 Å². The summed E-state index contributed by atoms with van der Waals surface area (Å²) in [6, 6.07) is 5.84. The average Bonchev–Trinajstić information content (AvgIpc) is 2.22. The van der Waals surface area contributed by atoms with Crippen LogP contribution in [0, 0.1) is 0 Å². The number of halogens is 2. The van der Waals surface area contributed by atoms with Crippen molar-refractivity contribution >= 4 is 23.2 Å². The number of nitrogens with two attached hydrogens (primary N) is 1. The molecule has 15 heavy (non-hydrogen) atoms. The topological polar surface area (TPSA) is 29.3 Å². The first-order chi connectivity index (χ1) is 7.04. The van der Waals surface area contributed by atoms with Gasteiger partial charge in [-0.2, -0.15) is 0 Å². The Morgan fingerprint density at radius 2 is 2.07 bits per heavy atom. The molecule has 84 valence electrons. The molecule has 1 aromatic rings. The Bertz CT molecular complexity index is 328. The van der Waals surface area contributed by atoms with Crippen LogP contribution in [0.3, 0.4) is 0 Å². The Morgan fingerprint density at radius 3 is 2.67 bits per heavy atom. The number of benzene rings is 1. The van der Waals surface area contributed by atoms with Gasteiger partial charge in [-0.25, -0.2) is 0 Å². The minimum Gasteiger partial charge on any atom is -0.329 e. The van der Waals surface area contributed by atoms with Gasteiger partial charge >= 0.3 is 0 Å². The molecular formula is C11H16Cl2N2. The van der Waals surface area contributed by atoms with Gasteiger partial charge in [0.05, 0.1) is 0 Å². The Kier molecular flexibility index (Phi) is 4.87. The molecule has 0 aromatic heterocycles. The van der Waals surface area contributed by atoms with Crippen molar-refractivity contribution < 1.29 is 0 Å². The normalized spacial score (nSPS) is 13.2. The van der Waals surface area contributed by atoms with E-state index in [0.29, 0.717) is 17.6 Å². The molecule has 0 heterocycles. The van der Waals surface area contributed by atoms with Crippen molar-refractivity contribution in [2.45, 2.75) is 19.5 Å². The predicted octanol–water partition coefficient (Wildman–Crippen LogP) is 2.77. The molecule has 1 aromatic carbocycles. The van der Waals surface area contributed by atoms with E-state index in [1.165, 1.54) is 0 Å². The van der Waals surface area contributed by atoms with Crippen LogP contribution in [0.1, 0.15) is 12.5 Å². The predicted molar refractivity (Wildman–Crippen MR) is 66.4 cm³/mol. The van der Waals surface area contributed by atoms with E-state index in [4.69, 9.17) is 28.9 Å². The van der Waals surface area contributed by atoms with Crippen molar-refractivity contribution in [1.82, 2.24) is 4.90 Å². The number of nitrogens with zero attached hydrogens (tertiary/aromatic N) is 1. The zero-order valence-electron chi connectivity index (χ0n) is 9.00. The largest absolute Gasteiger partial charge is 0.329 e. The zero-order valence-corrected chi connectivity index (χ0v) is 10.5. The van der Waals surface area contributed by atoms with Crippen LogP contribution in [0.5, 0.6) is 0 Å². The molecule has 0 aliphatic rings. The lowest BCUT2D eigenvalue weighted by Gasteiger charge is -2.23. The van der Waals surface area contributed by atoms with E-state index in [1.54, 1.807) is 6.07 Å². The number of hydrogen-bond acceptors (Lipinski definition) is 2. The molecule has 0 aliphatic carbocycles. The third-order valence-electron chi connectivity index (χ3n) is 2.52. The van der Waals surface area contributed by atoms with Gasteiger partial charge in [0.15, 0.2) is 0 Å². The first-order valence-electron chi connectivity index (χ1n) is 4.89. The van der Waals surface area contributed by atoms with Crippen molar-refractivity contribution in [1.29, 1.82) is 0 Å². The number of rotatable bonds is 4. The number of likely N-dealkylation sites (N-methyl/N-ethyl adjacent to an activating group) is 1. The van der Waals surface area contributed by atoms with E-state index in [1.807, 2.05) is 19.2 Å². The monoisotopic (exact) mass is 246 g/mol. The van der Waals surface area contributed by atoms with Gasteiger partial charge in [0.25, 0.3) is 0 Å². The lowest BCUT2D eigenvalue weighted by Crippen LogP contribution is -2.34. The first kappa shape index (κ1) is 12.8. The second-order valence-corrected chi connectivity index (χ2v) is 4.58. The summed E-state index contributed by atoms with van der Waals surface area (Å²) < 4.78 is 0. The highest BCUT2D eigenvalue weighted by Crippen LogP contribution is 2.22. The zero-order chi connectivity index (χ0) is 11.4. The highest BCUT2D eigenvalue weighted by Gasteiger charge is 2.09. The Balaban J connectivity index is 2.75. The van der Waals surface area contributed by atoms with Crippen LogP contribution in [-0.4, -0.2) is 24.5 Å². The molecule has 0 saturated heterocycles. The summed E-state index contributed by atoms with van der Waals surface area (Å²) in [4.78, 5) is 2.15. The van der Waals surface area contributed by atoms with Crippen molar-refractivity contribution in [2.75, 3.05) is 13.6 Å². The molecule has 4 heteroatoms. The van der Waals surface area contributed by atoms with Crippen LogP contribution in [0.25, 0.3) is 0 Å². The lowest BCUT2D eigenvalue weighted by molar-refractivity contribution is 0.255. The molecular weight excluding hydrogens is 231 g/mol. The minimum atomic E-state index is 0.333. The molecule has 0 aliphatic heterocycles. The molecule has 2 N–H and O–H groups in total. The van der Waals surface area contributed by atoms with Gasteiger partial charge in [-0.15, -0.1) is 0 Å². The highest BCUT2D eigenvalue weighted by molar-refractivity contribution is 6.33. The molecule has 1 atom stereocenters. The quantitative estimate of drug-likeness (QED) is 0.886. The fourth-order valence-corrected chi connectivity index (χ4v) is 1.64. The standard InChI is InChI=1S/C11H16Cl2N2/c1-8(6-14)15(2)7-9-5-10(12)3-4-11(9)13/h3-5,8H,6-7,14H2,1-2H3. The van der Waals surface area contributed by atoms with Crippen LogP contribution < -0.4 is 5.73 Å². The third kappa shape index (κ3) is 3.65. The fraction of sp³-hybridized carbons (Fsp3) is 0.455. The molecule has 0 bridgehead atoms. The Morgan fingerprint density at radius 1 is 1.40 bits per heavy atom. The van der Waals surface area contributed by atoms with Gasteiger partial charge in [0, 0.05) is 29.2 Å². The van der Waals surface area contributed by atoms with Gasteiger partial charge in [0.1, 0.15) is 0 Å². The van der Waals surface area contributed by atoms with Gasteiger partial charge in [-0.05, 0) is 37.7 Å². The molecule has 0 radical (unpaired) electrons. The van der Waals surface area contributed by atoms with Gasteiger partial charge in [0.2, 0.25) is 0 Å². The smallest absolute Gasteiger partial charge is 0.0452 e. The van der Waals surface area contributed by atoms with E-state index in [-0.39, 0.29) is 0 Å². The summed E-state index contributed by atoms with van der Waals surface area (Å²) in [5, 5.41) is 1.46. The van der Waals surface area contributed by atoms with Gasteiger partial charge in [-0.1, -0.05) is 23.2 Å². The molecule has 2 nitrogen and oxygen atoms in total. The van der Waals surface area contributed by atoms with E-state index in [9.17, 15) is 0 Å². The molecule has 0 fully saturated rings. The lowest BCUT2D eigenvalue weighted by atomic mass is 10.2. The van der Waals surface area contributed by atoms with Crippen molar-refractivity contribution in [3.05, 3.63) is 33.8 Å². The fourth-order valence-electron chi connectivity index (χ4n) is 1.27. The summed E-state index contributed by atoms with van der Waals surface area (Å²) in [6.45, 7) is 3.48. The summed E-state index contributed by atoms with van der Waals surface area (Å²) in [7, 11) is 2.02. The van der Waals surface area contributed by atoms with Crippen LogP contribution >= 0.6 is 23.2 Å². The molecule has 1 unspecified atom stereocenters. The van der Waals surface area contributed by atoms with E-state index < -0.39 is 0 Å². The Hall–Kier alpha value is -0.280. The average molecular weight is 247 g/mol. The van der Waals surface area contributed by atoms with Gasteiger partial charge in [-0.3, -0.25) is 4.90 Å². The van der Waals surface area contributed by atoms with Gasteiger partial charge < -0.3 is 5.73 Å². The third-order valence-corrected chi connectivity index (χ3v) is 3.12. The Labute approximate surface area is 101 Å². The van der Waals surface area contributed by atoms with Crippen molar-refractivity contribution in [3.63, 3.8) is 0 Å². The summed E-state index contributed by atoms with van der Waals surface area (Å²) in [5.41, 5.74) is 6.63. The molecule has 0 saturated carbocycles. The van der Waals surface area contributed by atoms with E-state index in [0.717, 1.165) is 17.1 Å². The SMILES string of the molecule is CC(CN)N(C)Cc1cc(Cl)ccc1Cl. The maximum Gasteiger partial charge on any atom is 0.0452 e. The second-order valence-electron chi connectivity index (χ2n) is 3.74. The maximum absolute atomic E-state index is 6.07. The molecule has 1 rings (SSSR count). The number of hydrogen-bond donors (Lipinski definition) is 1. The van der Waals surface area contributed by atoms with E-state index >= 15 is 0 Å². The highest BCUT2D eigenvalue weighted by atomic mass is 35.5. The first-order valence-corrected chi connectivity index (χ1v) is 5.64. The van der Waals surface area contributed by atoms with Crippen LogP contribution in [0.15, 0.2) is 18.2 Å². The second kappa shape index (κ2) is 5.71. The summed E-state index contributed by atoms with van der Waals surface area (Å²) in [6.07, 6.45) is 0. The van der Waals surface area contributed by atoms with Crippen molar-refractivity contribution in [2.24, 2.45) is 5.73 Å². The summed E-state index contributed by atoms with van der Waals surface area (Å²) >= 11 is 12.0. The van der Waals surface area contributed by atoms with Crippen molar-refractivity contribution in [3.8, 4) is 0 Å². The summed E-state index contributed by atoms with van der Waals surface area (Å²) in [5.74, 6) is 0. The van der Waals surface area contributed by atoms with E-state index in [2.05, 4.69) is 11.8 Å². The maximum atomic E-state index is 6.07.